The molecule has 2 aromatic rings. The van der Waals surface area contributed by atoms with Gasteiger partial charge in [0.15, 0.2) is 0 Å². The lowest BCUT2D eigenvalue weighted by atomic mass is 9.84. The Morgan fingerprint density at radius 1 is 0.964 bits per heavy atom. The fourth-order valence-corrected chi connectivity index (χ4v) is 3.55. The Morgan fingerprint density at radius 2 is 1.61 bits per heavy atom. The van der Waals surface area contributed by atoms with Gasteiger partial charge in [0.1, 0.15) is 5.75 Å². The highest BCUT2D eigenvalue weighted by molar-refractivity contribution is 5.99. The van der Waals surface area contributed by atoms with Gasteiger partial charge in [-0.3, -0.25) is 0 Å². The van der Waals surface area contributed by atoms with Crippen molar-refractivity contribution in [1.82, 2.24) is 0 Å². The van der Waals surface area contributed by atoms with E-state index in [9.17, 15) is 4.79 Å². The third-order valence-electron chi connectivity index (χ3n) is 5.23. The van der Waals surface area contributed by atoms with Crippen molar-refractivity contribution in [3.05, 3.63) is 65.2 Å². The molecule has 0 amide bonds. The molecular weight excluding hydrogens is 350 g/mol. The van der Waals surface area contributed by atoms with Crippen LogP contribution in [0.15, 0.2) is 53.7 Å². The maximum atomic E-state index is 12.2. The summed E-state index contributed by atoms with van der Waals surface area (Å²) in [4.78, 5) is 17.3. The Labute approximate surface area is 167 Å². The molecule has 0 N–H and O–H groups in total. The molecule has 148 valence electrons. The van der Waals surface area contributed by atoms with E-state index in [0.29, 0.717) is 23.8 Å². The Morgan fingerprint density at radius 3 is 2.25 bits per heavy atom. The number of hydrogen-bond acceptors (Lipinski definition) is 4. The Hall–Kier alpha value is -2.62. The van der Waals surface area contributed by atoms with Gasteiger partial charge in [0.2, 0.25) is 0 Å². The van der Waals surface area contributed by atoms with Crippen molar-refractivity contribution >= 4 is 11.7 Å². The van der Waals surface area contributed by atoms with Gasteiger partial charge >= 0.3 is 5.97 Å². The van der Waals surface area contributed by atoms with Crippen LogP contribution >= 0.6 is 0 Å². The van der Waals surface area contributed by atoms with Crippen LogP contribution < -0.4 is 4.74 Å². The predicted molar refractivity (Wildman–Crippen MR) is 112 cm³/mol. The number of oxime groups is 1. The lowest BCUT2D eigenvalue weighted by molar-refractivity contribution is 0.0516. The molecule has 4 nitrogen and oxygen atoms in total. The summed E-state index contributed by atoms with van der Waals surface area (Å²) in [6, 6.07) is 15.4. The maximum Gasteiger partial charge on any atom is 0.365 e. The average molecular weight is 380 g/mol. The second-order valence-corrected chi connectivity index (χ2v) is 7.39. The first-order valence-electron chi connectivity index (χ1n) is 10.3. The molecule has 0 heterocycles. The average Bonchev–Trinajstić information content (AvgIpc) is 2.77. The van der Waals surface area contributed by atoms with E-state index in [2.05, 4.69) is 36.3 Å². The summed E-state index contributed by atoms with van der Waals surface area (Å²) in [6.07, 6.45) is 7.53. The van der Waals surface area contributed by atoms with E-state index in [-0.39, 0.29) is 0 Å². The van der Waals surface area contributed by atoms with Gasteiger partial charge in [-0.1, -0.05) is 55.6 Å². The monoisotopic (exact) mass is 379 g/mol. The molecule has 0 atom stereocenters. The van der Waals surface area contributed by atoms with Gasteiger partial charge in [-0.2, -0.15) is 0 Å². The normalized spacial score (nSPS) is 15.3. The zero-order valence-corrected chi connectivity index (χ0v) is 16.8. The quantitative estimate of drug-likeness (QED) is 0.331. The molecule has 3 rings (SSSR count). The number of ether oxygens (including phenoxy) is 1. The van der Waals surface area contributed by atoms with Gasteiger partial charge in [-0.25, -0.2) is 4.79 Å². The summed E-state index contributed by atoms with van der Waals surface area (Å²) in [6.45, 7) is 4.56. The molecule has 0 aliphatic heterocycles. The van der Waals surface area contributed by atoms with Crippen LogP contribution in [-0.4, -0.2) is 18.3 Å². The number of carbonyl (C=O) groups is 1. The smallest absolute Gasteiger partial charge is 0.365 e. The molecule has 0 saturated heterocycles. The number of nitrogens with zero attached hydrogens (tertiary/aromatic N) is 1. The third-order valence-corrected chi connectivity index (χ3v) is 5.23. The van der Waals surface area contributed by atoms with Crippen molar-refractivity contribution < 1.29 is 14.4 Å². The number of rotatable bonds is 7. The van der Waals surface area contributed by atoms with E-state index in [0.717, 1.165) is 17.7 Å². The van der Waals surface area contributed by atoms with Crippen molar-refractivity contribution in [2.45, 2.75) is 58.3 Å². The molecular formula is C24H29NO3. The van der Waals surface area contributed by atoms with E-state index in [1.165, 1.54) is 37.7 Å². The number of benzene rings is 2. The van der Waals surface area contributed by atoms with Crippen molar-refractivity contribution in [2.24, 2.45) is 5.16 Å². The van der Waals surface area contributed by atoms with E-state index in [1.807, 2.05) is 6.92 Å². The first-order valence-corrected chi connectivity index (χ1v) is 10.3. The Bertz CT molecular complexity index is 788. The fraction of sp³-hybridized carbons (Fsp3) is 0.417. The summed E-state index contributed by atoms with van der Waals surface area (Å²) in [7, 11) is 0. The van der Waals surface area contributed by atoms with Crippen LogP contribution in [0, 0.1) is 0 Å². The third kappa shape index (κ3) is 5.44. The summed E-state index contributed by atoms with van der Waals surface area (Å²) >= 11 is 0. The van der Waals surface area contributed by atoms with Crippen LogP contribution in [0.1, 0.15) is 79.8 Å². The van der Waals surface area contributed by atoms with Crippen molar-refractivity contribution in [3.63, 3.8) is 0 Å². The summed E-state index contributed by atoms with van der Waals surface area (Å²) in [5, 5.41) is 4.02. The molecule has 4 heteroatoms. The predicted octanol–water partition coefficient (Wildman–Crippen LogP) is 6.10. The molecule has 28 heavy (non-hydrogen) atoms. The minimum absolute atomic E-state index is 0.452. The molecule has 0 aromatic heterocycles. The second-order valence-electron chi connectivity index (χ2n) is 7.39. The van der Waals surface area contributed by atoms with Gasteiger partial charge < -0.3 is 9.57 Å². The molecule has 1 saturated carbocycles. The highest BCUT2D eigenvalue weighted by atomic mass is 16.7. The van der Waals surface area contributed by atoms with Crippen LogP contribution in [0.2, 0.25) is 0 Å². The Kier molecular flexibility index (Phi) is 7.24. The first kappa shape index (κ1) is 20.1. The largest absolute Gasteiger partial charge is 0.494 e. The van der Waals surface area contributed by atoms with Crippen molar-refractivity contribution in [2.75, 3.05) is 6.61 Å². The molecule has 0 radical (unpaired) electrons. The van der Waals surface area contributed by atoms with Gasteiger partial charge in [0.25, 0.3) is 0 Å². The van der Waals surface area contributed by atoms with Gasteiger partial charge in [-0.05, 0) is 67.5 Å². The summed E-state index contributed by atoms with van der Waals surface area (Å²) in [5.74, 6) is 0.957. The lowest BCUT2D eigenvalue weighted by Crippen LogP contribution is -2.06. The topological polar surface area (TPSA) is 47.9 Å². The SMILES string of the molecule is CCCOc1ccc(C(=O)ON=C(C)c2ccc(C3CCCCC3)cc2)cc1. The molecule has 2 aromatic carbocycles. The van der Waals surface area contributed by atoms with Crippen LogP contribution in [0.25, 0.3) is 0 Å². The fourth-order valence-electron chi connectivity index (χ4n) is 3.55. The highest BCUT2D eigenvalue weighted by Crippen LogP contribution is 2.32. The van der Waals surface area contributed by atoms with Gasteiger partial charge in [-0.15, -0.1) is 0 Å². The molecule has 0 bridgehead atoms. The van der Waals surface area contributed by atoms with Gasteiger partial charge in [0.05, 0.1) is 17.9 Å². The first-order chi connectivity index (χ1) is 13.7. The van der Waals surface area contributed by atoms with Crippen molar-refractivity contribution in [3.8, 4) is 5.75 Å². The zero-order chi connectivity index (χ0) is 19.8. The van der Waals surface area contributed by atoms with Crippen molar-refractivity contribution in [1.29, 1.82) is 0 Å². The minimum atomic E-state index is -0.472. The minimum Gasteiger partial charge on any atom is -0.494 e. The van der Waals surface area contributed by atoms with Crippen LogP contribution in [-0.2, 0) is 4.84 Å². The molecule has 1 aliphatic carbocycles. The molecule has 0 spiro atoms. The standard InChI is InChI=1S/C24H29NO3/c1-3-17-27-23-15-13-22(14-16-23)24(26)28-25-18(2)19-9-11-21(12-10-19)20-7-5-4-6-8-20/h9-16,20H,3-8,17H2,1-2H3. The zero-order valence-electron chi connectivity index (χ0n) is 16.8. The molecule has 0 unspecified atom stereocenters. The Balaban J connectivity index is 1.57. The van der Waals surface area contributed by atoms with Crippen LogP contribution in [0.5, 0.6) is 5.75 Å². The maximum absolute atomic E-state index is 12.2. The van der Waals surface area contributed by atoms with E-state index < -0.39 is 5.97 Å². The van der Waals surface area contributed by atoms with E-state index in [1.54, 1.807) is 24.3 Å². The number of carbonyl (C=O) groups excluding carboxylic acids is 1. The molecule has 1 fully saturated rings. The van der Waals surface area contributed by atoms with Crippen LogP contribution in [0.4, 0.5) is 0 Å². The lowest BCUT2D eigenvalue weighted by Gasteiger charge is -2.22. The van der Waals surface area contributed by atoms with Gasteiger partial charge in [0, 0.05) is 0 Å². The number of hydrogen-bond donors (Lipinski definition) is 0. The highest BCUT2D eigenvalue weighted by Gasteiger charge is 2.15. The van der Waals surface area contributed by atoms with E-state index in [4.69, 9.17) is 9.57 Å². The molecule has 1 aliphatic rings. The van der Waals surface area contributed by atoms with Crippen LogP contribution in [0.3, 0.4) is 0 Å². The van der Waals surface area contributed by atoms with E-state index >= 15 is 0 Å². The summed E-state index contributed by atoms with van der Waals surface area (Å²) < 4.78 is 5.52. The summed E-state index contributed by atoms with van der Waals surface area (Å²) in [5.41, 5.74) is 3.51. The second kappa shape index (κ2) is 10.1.